The number of ether oxygens (including phenoxy) is 1. The van der Waals surface area contributed by atoms with Gasteiger partial charge in [0.25, 0.3) is 11.5 Å². The number of hydrogen-bond acceptors (Lipinski definition) is 5. The monoisotopic (exact) mass is 254 g/mol. The molecule has 1 aliphatic rings. The van der Waals surface area contributed by atoms with Gasteiger partial charge in [-0.3, -0.25) is 4.79 Å². The molecule has 1 aromatic heterocycles. The van der Waals surface area contributed by atoms with Gasteiger partial charge in [-0.25, -0.2) is 5.10 Å². The van der Waals surface area contributed by atoms with E-state index < -0.39 is 11.5 Å². The summed E-state index contributed by atoms with van der Waals surface area (Å²) in [5, 5.41) is 8.29. The van der Waals surface area contributed by atoms with Crippen molar-refractivity contribution in [1.82, 2.24) is 10.2 Å². The Morgan fingerprint density at radius 3 is 2.94 bits per heavy atom. The Kier molecular flexibility index (Phi) is 3.93. The summed E-state index contributed by atoms with van der Waals surface area (Å²) >= 11 is 0. The Morgan fingerprint density at radius 1 is 1.56 bits per heavy atom. The topological polar surface area (TPSA) is 70.2 Å². The van der Waals surface area contributed by atoms with E-state index in [0.717, 1.165) is 0 Å². The molecule has 0 spiro atoms. The van der Waals surface area contributed by atoms with Crippen LogP contribution >= 0.6 is 0 Å². The van der Waals surface area contributed by atoms with Crippen LogP contribution in [0.4, 0.5) is 15.8 Å². The minimum Gasteiger partial charge on any atom is -0.378 e. The molecule has 18 heavy (non-hydrogen) atoms. The highest BCUT2D eigenvalue weighted by atomic mass is 19.1. The Hall–Kier alpha value is -1.89. The number of nitrogens with one attached hydrogen (secondary N) is 2. The maximum absolute atomic E-state index is 13.7. The molecule has 0 saturated carbocycles. The predicted molar refractivity (Wildman–Crippen MR) is 66.5 cm³/mol. The van der Waals surface area contributed by atoms with Crippen LogP contribution in [0, 0.1) is 5.95 Å². The highest BCUT2D eigenvalue weighted by molar-refractivity contribution is 5.68. The molecule has 1 fully saturated rings. The van der Waals surface area contributed by atoms with E-state index in [1.807, 2.05) is 0 Å². The van der Waals surface area contributed by atoms with E-state index in [4.69, 9.17) is 4.74 Å². The maximum Gasteiger partial charge on any atom is 0.290 e. The Bertz CT molecular complexity index is 482. The second-order valence-corrected chi connectivity index (χ2v) is 3.84. The highest BCUT2D eigenvalue weighted by Crippen LogP contribution is 2.23. The van der Waals surface area contributed by atoms with Gasteiger partial charge < -0.3 is 15.0 Å². The SMILES string of the molecule is C=CCNc1c(F)n[nH]c(=O)c1N1CCOCC1. The molecule has 1 aliphatic heterocycles. The summed E-state index contributed by atoms with van der Waals surface area (Å²) in [4.78, 5) is 13.6. The van der Waals surface area contributed by atoms with Gasteiger partial charge in [-0.05, 0) is 0 Å². The number of hydrogen-bond donors (Lipinski definition) is 2. The second-order valence-electron chi connectivity index (χ2n) is 3.84. The molecule has 0 unspecified atom stereocenters. The minimum atomic E-state index is -0.724. The smallest absolute Gasteiger partial charge is 0.290 e. The third-order valence-corrected chi connectivity index (χ3v) is 2.66. The molecule has 0 aliphatic carbocycles. The lowest BCUT2D eigenvalue weighted by molar-refractivity contribution is 0.122. The molecular weight excluding hydrogens is 239 g/mol. The molecule has 1 saturated heterocycles. The van der Waals surface area contributed by atoms with E-state index in [9.17, 15) is 9.18 Å². The standard InChI is InChI=1S/C11H15FN4O2/c1-2-3-13-8-9(11(17)15-14-10(8)12)16-4-6-18-7-5-16/h2H,1,3-7H2,(H2,13,15,17). The van der Waals surface area contributed by atoms with Crippen LogP contribution in [-0.2, 0) is 4.74 Å². The van der Waals surface area contributed by atoms with Crippen molar-refractivity contribution >= 4 is 11.4 Å². The van der Waals surface area contributed by atoms with E-state index in [1.165, 1.54) is 0 Å². The van der Waals surface area contributed by atoms with Gasteiger partial charge in [-0.2, -0.15) is 4.39 Å². The number of nitrogens with zero attached hydrogens (tertiary/aromatic N) is 2. The quantitative estimate of drug-likeness (QED) is 0.758. The van der Waals surface area contributed by atoms with Gasteiger partial charge in [-0.1, -0.05) is 6.08 Å². The zero-order chi connectivity index (χ0) is 13.0. The van der Waals surface area contributed by atoms with Crippen LogP contribution in [0.5, 0.6) is 0 Å². The van der Waals surface area contributed by atoms with E-state index in [-0.39, 0.29) is 11.4 Å². The summed E-state index contributed by atoms with van der Waals surface area (Å²) < 4.78 is 18.9. The van der Waals surface area contributed by atoms with Crippen molar-refractivity contribution in [3.05, 3.63) is 29.0 Å². The summed E-state index contributed by atoms with van der Waals surface area (Å²) in [6.45, 7) is 6.04. The molecule has 2 N–H and O–H groups in total. The summed E-state index contributed by atoms with van der Waals surface area (Å²) in [6.07, 6.45) is 1.59. The number of morpholine rings is 1. The van der Waals surface area contributed by atoms with Gasteiger partial charge in [0.1, 0.15) is 11.4 Å². The van der Waals surface area contributed by atoms with Gasteiger partial charge >= 0.3 is 0 Å². The molecule has 2 heterocycles. The van der Waals surface area contributed by atoms with Crippen molar-refractivity contribution in [3.8, 4) is 0 Å². The van der Waals surface area contributed by atoms with E-state index >= 15 is 0 Å². The summed E-state index contributed by atoms with van der Waals surface area (Å²) in [7, 11) is 0. The van der Waals surface area contributed by atoms with E-state index in [2.05, 4.69) is 22.1 Å². The van der Waals surface area contributed by atoms with E-state index in [0.29, 0.717) is 32.8 Å². The van der Waals surface area contributed by atoms with Crippen LogP contribution in [0.2, 0.25) is 0 Å². The second kappa shape index (κ2) is 5.63. The predicted octanol–water partition coefficient (Wildman–Crippen LogP) is 0.343. The lowest BCUT2D eigenvalue weighted by atomic mass is 10.3. The van der Waals surface area contributed by atoms with Crippen LogP contribution in [-0.4, -0.2) is 43.0 Å². The average Bonchev–Trinajstić information content (AvgIpc) is 2.40. The van der Waals surface area contributed by atoms with Crippen molar-refractivity contribution in [2.75, 3.05) is 43.1 Å². The van der Waals surface area contributed by atoms with Crippen LogP contribution < -0.4 is 15.8 Å². The Balaban J connectivity index is 2.38. The molecular formula is C11H15FN4O2. The van der Waals surface area contributed by atoms with Crippen molar-refractivity contribution in [2.24, 2.45) is 0 Å². The maximum atomic E-state index is 13.7. The van der Waals surface area contributed by atoms with Crippen molar-refractivity contribution in [3.63, 3.8) is 0 Å². The van der Waals surface area contributed by atoms with Gasteiger partial charge in [0.15, 0.2) is 0 Å². The Labute approximate surface area is 103 Å². The van der Waals surface area contributed by atoms with Crippen molar-refractivity contribution in [2.45, 2.75) is 0 Å². The molecule has 1 aromatic rings. The fourth-order valence-electron chi connectivity index (χ4n) is 1.84. The molecule has 0 bridgehead atoms. The number of aromatic nitrogens is 2. The lowest BCUT2D eigenvalue weighted by Crippen LogP contribution is -2.40. The highest BCUT2D eigenvalue weighted by Gasteiger charge is 2.21. The first-order valence-corrected chi connectivity index (χ1v) is 5.69. The van der Waals surface area contributed by atoms with Gasteiger partial charge in [0, 0.05) is 19.6 Å². The summed E-state index contributed by atoms with van der Waals surface area (Å²) in [5.74, 6) is -0.724. The minimum absolute atomic E-state index is 0.112. The molecule has 6 nitrogen and oxygen atoms in total. The fraction of sp³-hybridized carbons (Fsp3) is 0.455. The van der Waals surface area contributed by atoms with Crippen LogP contribution in [0.3, 0.4) is 0 Å². The van der Waals surface area contributed by atoms with Gasteiger partial charge in [0.2, 0.25) is 0 Å². The van der Waals surface area contributed by atoms with Crippen LogP contribution in [0.15, 0.2) is 17.4 Å². The third kappa shape index (κ3) is 2.51. The summed E-state index contributed by atoms with van der Waals surface area (Å²) in [6, 6.07) is 0. The first kappa shape index (κ1) is 12.6. The van der Waals surface area contributed by atoms with Gasteiger partial charge in [-0.15, -0.1) is 11.7 Å². The average molecular weight is 254 g/mol. The summed E-state index contributed by atoms with van der Waals surface area (Å²) in [5.41, 5.74) is -0.0296. The van der Waals surface area contributed by atoms with Crippen molar-refractivity contribution < 1.29 is 9.13 Å². The molecule has 0 aromatic carbocycles. The number of rotatable bonds is 4. The van der Waals surface area contributed by atoms with Gasteiger partial charge in [0.05, 0.1) is 13.2 Å². The first-order valence-electron chi connectivity index (χ1n) is 5.69. The molecule has 2 rings (SSSR count). The molecule has 98 valence electrons. The van der Waals surface area contributed by atoms with Crippen LogP contribution in [0.25, 0.3) is 0 Å². The molecule has 0 amide bonds. The zero-order valence-electron chi connectivity index (χ0n) is 9.91. The first-order chi connectivity index (χ1) is 8.74. The number of anilines is 2. The molecule has 7 heteroatoms. The number of aromatic amines is 1. The zero-order valence-corrected chi connectivity index (χ0v) is 9.91. The Morgan fingerprint density at radius 2 is 2.28 bits per heavy atom. The number of H-pyrrole nitrogens is 1. The van der Waals surface area contributed by atoms with Crippen molar-refractivity contribution in [1.29, 1.82) is 0 Å². The largest absolute Gasteiger partial charge is 0.378 e. The molecule has 0 radical (unpaired) electrons. The molecule has 0 atom stereocenters. The number of halogens is 1. The van der Waals surface area contributed by atoms with E-state index in [1.54, 1.807) is 11.0 Å². The van der Waals surface area contributed by atoms with Crippen LogP contribution in [0.1, 0.15) is 0 Å². The lowest BCUT2D eigenvalue weighted by Gasteiger charge is -2.29. The fourth-order valence-corrected chi connectivity index (χ4v) is 1.84. The third-order valence-electron chi connectivity index (χ3n) is 2.66. The normalized spacial score (nSPS) is 15.5.